The molecule has 0 radical (unpaired) electrons. The molecule has 2 heterocycles. The second-order valence-corrected chi connectivity index (χ2v) is 20.6. The van der Waals surface area contributed by atoms with Gasteiger partial charge in [-0.15, -0.1) is 0 Å². The maximum absolute atomic E-state index is 2.57. The van der Waals surface area contributed by atoms with Gasteiger partial charge < -0.3 is 14.0 Å². The molecular weight excluding hydrogens is 835 g/mol. The molecule has 0 N–H and O–H groups in total. The Bertz CT molecular complexity index is 3910. The van der Waals surface area contributed by atoms with E-state index < -0.39 is 0 Å². The molecule has 0 spiro atoms. The fraction of sp³-hybridized carbons (Fsp3) is 0.121. The highest BCUT2D eigenvalue weighted by Gasteiger charge is 2.45. The van der Waals surface area contributed by atoms with Crippen LogP contribution in [0.15, 0.2) is 230 Å². The van der Waals surface area contributed by atoms with E-state index in [1.54, 1.807) is 0 Å². The van der Waals surface area contributed by atoms with Gasteiger partial charge in [0.05, 0.1) is 22.1 Å². The van der Waals surface area contributed by atoms with Gasteiger partial charge in [-0.05, 0) is 147 Å². The summed E-state index contributed by atoms with van der Waals surface area (Å²) in [5.41, 5.74) is 21.2. The molecule has 11 aromatic rings. The first kappa shape index (κ1) is 40.0. The van der Waals surface area contributed by atoms with Crippen molar-refractivity contribution in [1.82, 2.24) is 9.13 Å². The minimum Gasteiger partial charge on any atom is -0.311 e. The maximum Gasteiger partial charge on any atom is 0.0541 e. The van der Waals surface area contributed by atoms with Crippen molar-refractivity contribution in [2.75, 3.05) is 4.90 Å². The first-order valence-corrected chi connectivity index (χ1v) is 24.5. The smallest absolute Gasteiger partial charge is 0.0541 e. The average Bonchev–Trinajstić information content (AvgIpc) is 4.05. The number of hydrogen-bond donors (Lipinski definition) is 0. The molecular formula is C66H51N3. The first-order chi connectivity index (χ1) is 33.7. The summed E-state index contributed by atoms with van der Waals surface area (Å²) in [5, 5.41) is 5.08. The molecule has 0 saturated heterocycles. The number of nitrogens with zero attached hydrogens (tertiary/aromatic N) is 3. The summed E-state index contributed by atoms with van der Waals surface area (Å²) in [6.45, 7) is 9.68. The van der Waals surface area contributed by atoms with Crippen LogP contribution >= 0.6 is 0 Å². The Balaban J connectivity index is 0.873. The van der Waals surface area contributed by atoms with Crippen LogP contribution in [0.1, 0.15) is 55.9 Å². The number of para-hydroxylation sites is 4. The number of fused-ring (bicyclic) bond motifs is 12. The second-order valence-electron chi connectivity index (χ2n) is 20.6. The quantitative estimate of drug-likeness (QED) is 0.162. The Kier molecular flexibility index (Phi) is 8.50. The Morgan fingerprint density at radius 1 is 0.420 bits per heavy atom. The van der Waals surface area contributed by atoms with Crippen molar-refractivity contribution in [3.8, 4) is 33.6 Å². The van der Waals surface area contributed by atoms with E-state index in [-0.39, 0.29) is 10.8 Å². The van der Waals surface area contributed by atoms with Crippen molar-refractivity contribution in [3.63, 3.8) is 0 Å². The summed E-state index contributed by atoms with van der Waals surface area (Å²) >= 11 is 0. The highest BCUT2D eigenvalue weighted by Crippen LogP contribution is 2.55. The molecule has 2 unspecified atom stereocenters. The van der Waals surface area contributed by atoms with Crippen LogP contribution in [0.3, 0.4) is 0 Å². The minimum atomic E-state index is -0.229. The summed E-state index contributed by atoms with van der Waals surface area (Å²) in [4.78, 5) is 2.51. The van der Waals surface area contributed by atoms with E-state index in [0.29, 0.717) is 11.8 Å². The fourth-order valence-corrected chi connectivity index (χ4v) is 12.8. The predicted octanol–water partition coefficient (Wildman–Crippen LogP) is 17.1. The molecule has 2 aromatic heterocycles. The summed E-state index contributed by atoms with van der Waals surface area (Å²) in [5.74, 6) is 0.683. The molecule has 3 heteroatoms. The van der Waals surface area contributed by atoms with Gasteiger partial charge in [0.25, 0.3) is 0 Å². The van der Waals surface area contributed by atoms with Crippen molar-refractivity contribution < 1.29 is 0 Å². The topological polar surface area (TPSA) is 13.1 Å². The van der Waals surface area contributed by atoms with E-state index in [1.165, 1.54) is 105 Å². The summed E-state index contributed by atoms with van der Waals surface area (Å²) in [6, 6.07) is 76.8. The molecule has 3 aliphatic rings. The van der Waals surface area contributed by atoms with Gasteiger partial charge in [-0.1, -0.05) is 161 Å². The van der Waals surface area contributed by atoms with Crippen molar-refractivity contribution in [2.24, 2.45) is 5.92 Å². The second kappa shape index (κ2) is 14.7. The fourth-order valence-electron chi connectivity index (χ4n) is 12.8. The number of allylic oxidation sites excluding steroid dienone is 3. The Labute approximate surface area is 403 Å². The van der Waals surface area contributed by atoms with Gasteiger partial charge in [0.15, 0.2) is 0 Å². The predicted molar refractivity (Wildman–Crippen MR) is 290 cm³/mol. The van der Waals surface area contributed by atoms with Gasteiger partial charge in [-0.2, -0.15) is 0 Å². The maximum atomic E-state index is 2.57. The number of benzene rings is 9. The summed E-state index contributed by atoms with van der Waals surface area (Å²) in [7, 11) is 0. The summed E-state index contributed by atoms with van der Waals surface area (Å²) < 4.78 is 4.80. The van der Waals surface area contributed by atoms with Crippen LogP contribution in [-0.2, 0) is 10.8 Å². The van der Waals surface area contributed by atoms with E-state index >= 15 is 0 Å². The number of hydrogen-bond acceptors (Lipinski definition) is 1. The highest BCUT2D eigenvalue weighted by atomic mass is 15.1. The van der Waals surface area contributed by atoms with Gasteiger partial charge in [-0.3, -0.25) is 0 Å². The summed E-state index contributed by atoms with van der Waals surface area (Å²) in [6.07, 6.45) is 7.42. The highest BCUT2D eigenvalue weighted by molar-refractivity contribution is 6.11. The van der Waals surface area contributed by atoms with Crippen LogP contribution in [-0.4, -0.2) is 9.13 Å². The lowest BCUT2D eigenvalue weighted by Crippen LogP contribution is -2.28. The Morgan fingerprint density at radius 2 is 0.942 bits per heavy atom. The molecule has 3 aliphatic carbocycles. The third-order valence-electron chi connectivity index (χ3n) is 16.2. The molecule has 0 aliphatic heterocycles. The van der Waals surface area contributed by atoms with Crippen molar-refractivity contribution >= 4 is 55.0 Å². The minimum absolute atomic E-state index is 0.00783. The third kappa shape index (κ3) is 5.80. The van der Waals surface area contributed by atoms with E-state index in [0.717, 1.165) is 11.4 Å². The molecule has 9 aromatic carbocycles. The third-order valence-corrected chi connectivity index (χ3v) is 16.2. The van der Waals surface area contributed by atoms with Crippen LogP contribution in [0.4, 0.5) is 11.4 Å². The van der Waals surface area contributed by atoms with Crippen molar-refractivity contribution in [2.45, 2.75) is 44.4 Å². The van der Waals surface area contributed by atoms with E-state index in [2.05, 4.69) is 266 Å². The zero-order valence-corrected chi connectivity index (χ0v) is 39.4. The van der Waals surface area contributed by atoms with E-state index in [1.807, 2.05) is 0 Å². The van der Waals surface area contributed by atoms with Crippen LogP contribution in [0.25, 0.3) is 77.2 Å². The Morgan fingerprint density at radius 3 is 1.64 bits per heavy atom. The molecule has 3 nitrogen and oxygen atoms in total. The Hall–Kier alpha value is -8.14. The average molecular weight is 886 g/mol. The standard InChI is InChI=1S/C66H51N3/c1-65(2)57-22-12-8-18-49(57)51-35-32-47(40-59(51)65)67(45-28-30-46(31-29-45)69-61-23-13-9-19-53(61)54-20-10-14-24-62(54)69)48-33-36-52-50-34-26-43(39-58(50)66(3,4)60(52)41-48)42-27-37-64-56(38-42)55-21-11-15-25-63(55)68(64)44-16-6-5-7-17-44/h5-41,51,59H,1-4H3. The molecule has 0 saturated carbocycles. The van der Waals surface area contributed by atoms with E-state index in [9.17, 15) is 0 Å². The molecule has 69 heavy (non-hydrogen) atoms. The molecule has 2 atom stereocenters. The van der Waals surface area contributed by atoms with Crippen molar-refractivity contribution in [1.29, 1.82) is 0 Å². The normalized spacial score (nSPS) is 17.2. The van der Waals surface area contributed by atoms with Crippen LogP contribution in [0, 0.1) is 5.92 Å². The lowest BCUT2D eigenvalue weighted by atomic mass is 9.74. The molecule has 0 bridgehead atoms. The van der Waals surface area contributed by atoms with Gasteiger partial charge in [-0.25, -0.2) is 0 Å². The first-order valence-electron chi connectivity index (χ1n) is 24.5. The number of rotatable bonds is 6. The zero-order valence-electron chi connectivity index (χ0n) is 39.4. The molecule has 0 fully saturated rings. The number of aromatic nitrogens is 2. The van der Waals surface area contributed by atoms with E-state index in [4.69, 9.17) is 0 Å². The van der Waals surface area contributed by atoms with Crippen molar-refractivity contribution in [3.05, 3.63) is 252 Å². The van der Waals surface area contributed by atoms with Crippen LogP contribution in [0.2, 0.25) is 0 Å². The number of anilines is 2. The van der Waals surface area contributed by atoms with Gasteiger partial charge in [0.1, 0.15) is 0 Å². The van der Waals surface area contributed by atoms with Gasteiger partial charge in [0.2, 0.25) is 0 Å². The van der Waals surface area contributed by atoms with Crippen LogP contribution in [0.5, 0.6) is 0 Å². The van der Waals surface area contributed by atoms with Gasteiger partial charge >= 0.3 is 0 Å². The lowest BCUT2D eigenvalue weighted by molar-refractivity contribution is 0.392. The van der Waals surface area contributed by atoms with Gasteiger partial charge in [0, 0.05) is 61.3 Å². The zero-order chi connectivity index (χ0) is 46.2. The molecule has 0 amide bonds. The monoisotopic (exact) mass is 885 g/mol. The SMILES string of the molecule is CC1(C)c2cc(-c3ccc4c(c3)c3ccccc3n4-c3ccccc3)ccc2-c2ccc(N(C3=CC4C(C=C3)c3ccccc3C4(C)C)c3ccc(-n4c5ccccc5c5ccccc54)cc3)cc21. The lowest BCUT2D eigenvalue weighted by Gasteiger charge is -2.35. The van der Waals surface area contributed by atoms with Crippen LogP contribution < -0.4 is 4.90 Å². The largest absolute Gasteiger partial charge is 0.311 e. The molecule has 330 valence electrons. The molecule has 14 rings (SSSR count).